The highest BCUT2D eigenvalue weighted by atomic mass is 79.9. The van der Waals surface area contributed by atoms with E-state index in [1.807, 2.05) is 13.0 Å². The minimum Gasteiger partial charge on any atom is -0.209 e. The zero-order valence-electron chi connectivity index (χ0n) is 10.9. The summed E-state index contributed by atoms with van der Waals surface area (Å²) in [7, 11) is -3.35. The van der Waals surface area contributed by atoms with Crippen LogP contribution in [0.5, 0.6) is 0 Å². The molecule has 1 atom stereocenters. The summed E-state index contributed by atoms with van der Waals surface area (Å²) in [5.41, 5.74) is 0. The highest BCUT2D eigenvalue weighted by Gasteiger charge is 2.20. The molecular formula is C12H20BrNO2S2. The lowest BCUT2D eigenvalue weighted by Crippen LogP contribution is -2.32. The van der Waals surface area contributed by atoms with Gasteiger partial charge in [-0.15, -0.1) is 11.3 Å². The van der Waals surface area contributed by atoms with E-state index in [0.717, 1.165) is 17.7 Å². The average Bonchev–Trinajstić information content (AvgIpc) is 2.76. The van der Waals surface area contributed by atoms with Crippen LogP contribution in [-0.2, 0) is 10.0 Å². The maximum absolute atomic E-state index is 12.0. The molecule has 0 aromatic carbocycles. The van der Waals surface area contributed by atoms with Crippen molar-refractivity contribution in [3.8, 4) is 0 Å². The van der Waals surface area contributed by atoms with Gasteiger partial charge in [-0.2, -0.15) is 0 Å². The van der Waals surface area contributed by atoms with Crippen LogP contribution in [0.4, 0.5) is 0 Å². The molecule has 1 unspecified atom stereocenters. The molecule has 0 saturated carbocycles. The van der Waals surface area contributed by atoms with Crippen LogP contribution in [0, 0.1) is 12.8 Å². The molecule has 0 aliphatic heterocycles. The number of hydrogen-bond acceptors (Lipinski definition) is 3. The highest BCUT2D eigenvalue weighted by molar-refractivity contribution is 9.09. The van der Waals surface area contributed by atoms with Gasteiger partial charge in [0.15, 0.2) is 0 Å². The lowest BCUT2D eigenvalue weighted by Gasteiger charge is -2.19. The summed E-state index contributed by atoms with van der Waals surface area (Å²) < 4.78 is 27.1. The number of rotatable bonds is 7. The molecular weight excluding hydrogens is 334 g/mol. The Morgan fingerprint density at radius 2 is 1.94 bits per heavy atom. The molecule has 1 aromatic rings. The number of sulfonamides is 1. The molecule has 1 rings (SSSR count). The number of thiophene rings is 1. The second-order valence-corrected chi connectivity index (χ2v) is 8.77. The molecule has 0 amide bonds. The van der Waals surface area contributed by atoms with Gasteiger partial charge in [0, 0.05) is 16.2 Å². The van der Waals surface area contributed by atoms with Gasteiger partial charge in [-0.1, -0.05) is 42.6 Å². The Kier molecular flexibility index (Phi) is 6.30. The molecule has 0 fully saturated rings. The van der Waals surface area contributed by atoms with Crippen molar-refractivity contribution in [2.75, 3.05) is 6.54 Å². The van der Waals surface area contributed by atoms with Crippen molar-refractivity contribution in [1.82, 2.24) is 4.72 Å². The van der Waals surface area contributed by atoms with Gasteiger partial charge in [0.25, 0.3) is 0 Å². The zero-order valence-corrected chi connectivity index (χ0v) is 14.2. The van der Waals surface area contributed by atoms with E-state index in [4.69, 9.17) is 0 Å². The zero-order chi connectivity index (χ0) is 13.8. The van der Waals surface area contributed by atoms with Gasteiger partial charge in [0.2, 0.25) is 10.0 Å². The summed E-state index contributed by atoms with van der Waals surface area (Å²) in [5, 5.41) is 0. The first-order valence-electron chi connectivity index (χ1n) is 6.10. The molecule has 0 saturated heterocycles. The standard InChI is InChI=1S/C12H20BrNO2S2/c1-4-10(5-2)11(13)8-14-18(15,16)12-7-6-9(3)17-12/h6-7,10-11,14H,4-5,8H2,1-3H3. The van der Waals surface area contributed by atoms with Crippen LogP contribution < -0.4 is 4.72 Å². The van der Waals surface area contributed by atoms with E-state index in [1.54, 1.807) is 6.07 Å². The fraction of sp³-hybridized carbons (Fsp3) is 0.667. The molecule has 0 aliphatic carbocycles. The average molecular weight is 354 g/mol. The van der Waals surface area contributed by atoms with E-state index >= 15 is 0 Å². The number of aryl methyl sites for hydroxylation is 1. The fourth-order valence-corrected chi connectivity index (χ4v) is 5.30. The Hall–Kier alpha value is 0.0900. The SMILES string of the molecule is CCC(CC)C(Br)CNS(=O)(=O)c1ccc(C)s1. The summed E-state index contributed by atoms with van der Waals surface area (Å²) in [6, 6.07) is 3.48. The Morgan fingerprint density at radius 3 is 2.39 bits per heavy atom. The van der Waals surface area contributed by atoms with E-state index in [0.29, 0.717) is 16.7 Å². The van der Waals surface area contributed by atoms with Crippen LogP contribution in [0.1, 0.15) is 31.6 Å². The molecule has 3 nitrogen and oxygen atoms in total. The Morgan fingerprint density at radius 1 is 1.33 bits per heavy atom. The summed E-state index contributed by atoms with van der Waals surface area (Å²) in [6.45, 7) is 6.59. The van der Waals surface area contributed by atoms with E-state index in [9.17, 15) is 8.42 Å². The number of hydrogen-bond donors (Lipinski definition) is 1. The van der Waals surface area contributed by atoms with Crippen molar-refractivity contribution in [2.45, 2.75) is 42.6 Å². The molecule has 1 heterocycles. The monoisotopic (exact) mass is 353 g/mol. The van der Waals surface area contributed by atoms with Crippen molar-refractivity contribution in [2.24, 2.45) is 5.92 Å². The molecule has 104 valence electrons. The van der Waals surface area contributed by atoms with Crippen molar-refractivity contribution in [1.29, 1.82) is 0 Å². The third kappa shape index (κ3) is 4.33. The van der Waals surface area contributed by atoms with Crippen LogP contribution in [-0.4, -0.2) is 19.8 Å². The second-order valence-electron chi connectivity index (χ2n) is 4.31. The lowest BCUT2D eigenvalue weighted by atomic mass is 10.00. The number of halogens is 1. The van der Waals surface area contributed by atoms with Crippen molar-refractivity contribution >= 4 is 37.3 Å². The summed E-state index contributed by atoms with van der Waals surface area (Å²) >= 11 is 4.87. The number of alkyl halides is 1. The molecule has 1 N–H and O–H groups in total. The van der Waals surface area contributed by atoms with Crippen molar-refractivity contribution < 1.29 is 8.42 Å². The summed E-state index contributed by atoms with van der Waals surface area (Å²) in [5.74, 6) is 0.498. The quantitative estimate of drug-likeness (QED) is 0.762. The largest absolute Gasteiger partial charge is 0.250 e. The first-order valence-corrected chi connectivity index (χ1v) is 9.32. The van der Waals surface area contributed by atoms with Gasteiger partial charge in [-0.25, -0.2) is 13.1 Å². The van der Waals surface area contributed by atoms with E-state index in [2.05, 4.69) is 34.5 Å². The maximum Gasteiger partial charge on any atom is 0.250 e. The van der Waals surface area contributed by atoms with Crippen LogP contribution >= 0.6 is 27.3 Å². The minimum atomic E-state index is -3.35. The Bertz CT molecular complexity index is 466. The van der Waals surface area contributed by atoms with E-state index in [-0.39, 0.29) is 4.83 Å². The van der Waals surface area contributed by atoms with Crippen LogP contribution in [0.2, 0.25) is 0 Å². The molecule has 1 aromatic heterocycles. The third-order valence-electron chi connectivity index (χ3n) is 3.01. The first kappa shape index (κ1) is 16.1. The Labute approximate surface area is 122 Å². The number of nitrogens with one attached hydrogen (secondary N) is 1. The molecule has 0 spiro atoms. The molecule has 0 radical (unpaired) electrons. The summed E-state index contributed by atoms with van der Waals surface area (Å²) in [6.07, 6.45) is 2.10. The van der Waals surface area contributed by atoms with Gasteiger partial charge in [0.1, 0.15) is 4.21 Å². The van der Waals surface area contributed by atoms with E-state index < -0.39 is 10.0 Å². The van der Waals surface area contributed by atoms with Gasteiger partial charge >= 0.3 is 0 Å². The maximum atomic E-state index is 12.0. The predicted molar refractivity (Wildman–Crippen MR) is 81.0 cm³/mol. The normalized spacial score (nSPS) is 14.1. The van der Waals surface area contributed by atoms with Crippen LogP contribution in [0.25, 0.3) is 0 Å². The third-order valence-corrected chi connectivity index (χ3v) is 7.00. The molecule has 0 bridgehead atoms. The van der Waals surface area contributed by atoms with Gasteiger partial charge in [0.05, 0.1) is 0 Å². The second kappa shape index (κ2) is 7.03. The van der Waals surface area contributed by atoms with Gasteiger partial charge in [-0.3, -0.25) is 0 Å². The lowest BCUT2D eigenvalue weighted by molar-refractivity contribution is 0.471. The smallest absolute Gasteiger partial charge is 0.209 e. The van der Waals surface area contributed by atoms with Gasteiger partial charge < -0.3 is 0 Å². The molecule has 0 aliphatic rings. The fourth-order valence-electron chi connectivity index (χ4n) is 1.78. The van der Waals surface area contributed by atoms with Crippen LogP contribution in [0.15, 0.2) is 16.3 Å². The van der Waals surface area contributed by atoms with Gasteiger partial charge in [-0.05, 0) is 25.0 Å². The van der Waals surface area contributed by atoms with E-state index in [1.165, 1.54) is 11.3 Å². The Balaban J connectivity index is 2.62. The molecule has 18 heavy (non-hydrogen) atoms. The predicted octanol–water partition coefficient (Wildman–Crippen LogP) is 3.53. The topological polar surface area (TPSA) is 46.2 Å². The minimum absolute atomic E-state index is 0.184. The van der Waals surface area contributed by atoms with Crippen LogP contribution in [0.3, 0.4) is 0 Å². The van der Waals surface area contributed by atoms with Crippen molar-refractivity contribution in [3.05, 3.63) is 17.0 Å². The molecule has 6 heteroatoms. The summed E-state index contributed by atoms with van der Waals surface area (Å²) in [4.78, 5) is 1.19. The highest BCUT2D eigenvalue weighted by Crippen LogP contribution is 2.22. The first-order chi connectivity index (χ1) is 8.40. The van der Waals surface area contributed by atoms with Crippen molar-refractivity contribution in [3.63, 3.8) is 0 Å².